The average molecular weight is 430 g/mol. The second-order valence-electron chi connectivity index (χ2n) is 7.16. The van der Waals surface area contributed by atoms with Gasteiger partial charge in [-0.1, -0.05) is 18.2 Å². The molecule has 0 saturated heterocycles. The molecule has 0 aliphatic heterocycles. The number of para-hydroxylation sites is 1. The zero-order valence-corrected chi connectivity index (χ0v) is 18.0. The molecule has 6 nitrogen and oxygen atoms in total. The summed E-state index contributed by atoms with van der Waals surface area (Å²) >= 11 is 0. The molecule has 0 unspecified atom stereocenters. The van der Waals surface area contributed by atoms with E-state index < -0.39 is 0 Å². The van der Waals surface area contributed by atoms with Crippen LogP contribution in [0.1, 0.15) is 16.1 Å². The molecule has 0 atom stereocenters. The quantitative estimate of drug-likeness (QED) is 0.382. The Bertz CT molecular complexity index is 1340. The maximum Gasteiger partial charge on any atom is 0.200 e. The Kier molecular flexibility index (Phi) is 5.94. The molecule has 32 heavy (non-hydrogen) atoms. The lowest BCUT2D eigenvalue weighted by Crippen LogP contribution is -2.12. The molecule has 0 N–H and O–H groups in total. The molecule has 0 fully saturated rings. The van der Waals surface area contributed by atoms with Crippen molar-refractivity contribution in [2.45, 2.75) is 6.92 Å². The lowest BCUT2D eigenvalue weighted by molar-refractivity contribution is 0.0921. The topological polar surface area (TPSA) is 75.0 Å². The molecule has 0 aliphatic carbocycles. The van der Waals surface area contributed by atoms with Crippen molar-refractivity contribution in [2.75, 3.05) is 20.8 Å². The van der Waals surface area contributed by atoms with Crippen molar-refractivity contribution in [3.05, 3.63) is 88.3 Å². The molecule has 1 aromatic heterocycles. The molecule has 162 valence electrons. The molecule has 6 heteroatoms. The molecule has 1 heterocycles. The Labute approximate surface area is 185 Å². The van der Waals surface area contributed by atoms with Crippen LogP contribution in [0.2, 0.25) is 0 Å². The van der Waals surface area contributed by atoms with Gasteiger partial charge in [0.1, 0.15) is 28.6 Å². The van der Waals surface area contributed by atoms with Crippen LogP contribution in [0.4, 0.5) is 0 Å². The number of Topliss-reactive ketones (excluding diaryl/α,β-unsaturated/α-hetero) is 1. The third-order valence-electron chi connectivity index (χ3n) is 5.20. The molecule has 0 radical (unpaired) electrons. The maximum atomic E-state index is 13.2. The second kappa shape index (κ2) is 8.98. The predicted molar refractivity (Wildman–Crippen MR) is 122 cm³/mol. The van der Waals surface area contributed by atoms with Gasteiger partial charge in [-0.3, -0.25) is 9.59 Å². The van der Waals surface area contributed by atoms with Crippen molar-refractivity contribution in [1.29, 1.82) is 0 Å². The van der Waals surface area contributed by atoms with Gasteiger partial charge >= 0.3 is 0 Å². The minimum atomic E-state index is -0.170. The van der Waals surface area contributed by atoms with E-state index in [-0.39, 0.29) is 17.8 Å². The second-order valence-corrected chi connectivity index (χ2v) is 7.16. The number of methoxy groups -OCH3 is 2. The van der Waals surface area contributed by atoms with Gasteiger partial charge in [0.05, 0.1) is 25.2 Å². The smallest absolute Gasteiger partial charge is 0.200 e. The number of carbonyl (C=O) groups is 1. The zero-order chi connectivity index (χ0) is 22.7. The third kappa shape index (κ3) is 4.07. The first kappa shape index (κ1) is 21.2. The van der Waals surface area contributed by atoms with Gasteiger partial charge in [-0.15, -0.1) is 0 Å². The van der Waals surface area contributed by atoms with Gasteiger partial charge in [-0.25, -0.2) is 0 Å². The zero-order valence-electron chi connectivity index (χ0n) is 18.0. The molecule has 0 aliphatic rings. The van der Waals surface area contributed by atoms with E-state index in [2.05, 4.69) is 0 Å². The first-order valence-electron chi connectivity index (χ1n) is 10.0. The lowest BCUT2D eigenvalue weighted by Gasteiger charge is -2.12. The summed E-state index contributed by atoms with van der Waals surface area (Å²) in [4.78, 5) is 25.6. The van der Waals surface area contributed by atoms with E-state index in [1.165, 1.54) is 0 Å². The Morgan fingerprint density at radius 2 is 1.62 bits per heavy atom. The fourth-order valence-corrected chi connectivity index (χ4v) is 3.55. The number of ether oxygens (including phenoxy) is 3. The van der Waals surface area contributed by atoms with Gasteiger partial charge in [0, 0.05) is 17.2 Å². The number of fused-ring (bicyclic) bond motifs is 1. The standard InChI is InChI=1S/C26H22O6/c1-16-25(20-6-4-5-7-23(20)30-3)26(28)21-13-12-19(14-24(21)32-16)31-15-22(27)17-8-10-18(29-2)11-9-17/h4-14H,15H2,1-3H3. The van der Waals surface area contributed by atoms with E-state index in [1.54, 1.807) is 69.7 Å². The van der Waals surface area contributed by atoms with Crippen molar-refractivity contribution < 1.29 is 23.4 Å². The fraction of sp³-hybridized carbons (Fsp3) is 0.154. The van der Waals surface area contributed by atoms with Gasteiger partial charge in [0.2, 0.25) is 5.43 Å². The van der Waals surface area contributed by atoms with Gasteiger partial charge in [-0.05, 0) is 49.4 Å². The highest BCUT2D eigenvalue weighted by Gasteiger charge is 2.17. The summed E-state index contributed by atoms with van der Waals surface area (Å²) in [7, 11) is 3.13. The SMILES string of the molecule is COc1ccc(C(=O)COc2ccc3c(=O)c(-c4ccccc4OC)c(C)oc3c2)cc1. The molecule has 0 amide bonds. The summed E-state index contributed by atoms with van der Waals surface area (Å²) in [5.74, 6) is 2.01. The Hall–Kier alpha value is -4.06. The van der Waals surface area contributed by atoms with Crippen LogP contribution < -0.4 is 19.6 Å². The minimum Gasteiger partial charge on any atom is -0.497 e. The molecule has 3 aromatic carbocycles. The first-order chi connectivity index (χ1) is 15.5. The van der Waals surface area contributed by atoms with E-state index in [9.17, 15) is 9.59 Å². The highest BCUT2D eigenvalue weighted by molar-refractivity contribution is 5.97. The van der Waals surface area contributed by atoms with Crippen molar-refractivity contribution in [1.82, 2.24) is 0 Å². The van der Waals surface area contributed by atoms with Gasteiger partial charge < -0.3 is 18.6 Å². The van der Waals surface area contributed by atoms with E-state index in [4.69, 9.17) is 18.6 Å². The van der Waals surface area contributed by atoms with E-state index >= 15 is 0 Å². The number of carbonyl (C=O) groups excluding carboxylic acids is 1. The van der Waals surface area contributed by atoms with Crippen molar-refractivity contribution in [3.63, 3.8) is 0 Å². The normalized spacial score (nSPS) is 10.7. The predicted octanol–water partition coefficient (Wildman–Crippen LogP) is 5.05. The van der Waals surface area contributed by atoms with Gasteiger partial charge in [-0.2, -0.15) is 0 Å². The Morgan fingerprint density at radius 3 is 2.34 bits per heavy atom. The van der Waals surface area contributed by atoms with Crippen LogP contribution in [0.25, 0.3) is 22.1 Å². The molecular formula is C26H22O6. The van der Waals surface area contributed by atoms with Crippen LogP contribution in [-0.4, -0.2) is 26.6 Å². The number of rotatable bonds is 7. The van der Waals surface area contributed by atoms with Crippen LogP contribution in [-0.2, 0) is 0 Å². The number of aryl methyl sites for hydroxylation is 1. The largest absolute Gasteiger partial charge is 0.497 e. The molecular weight excluding hydrogens is 408 g/mol. The van der Waals surface area contributed by atoms with Crippen LogP contribution in [0.15, 0.2) is 75.9 Å². The minimum absolute atomic E-state index is 0.139. The Morgan fingerprint density at radius 1 is 0.906 bits per heavy atom. The molecule has 0 bridgehead atoms. The van der Waals surface area contributed by atoms with Crippen LogP contribution in [0.5, 0.6) is 17.2 Å². The third-order valence-corrected chi connectivity index (χ3v) is 5.20. The van der Waals surface area contributed by atoms with Gasteiger partial charge in [0.25, 0.3) is 0 Å². The summed E-state index contributed by atoms with van der Waals surface area (Å²) < 4.78 is 22.1. The first-order valence-corrected chi connectivity index (χ1v) is 10.0. The number of hydrogen-bond acceptors (Lipinski definition) is 6. The van der Waals surface area contributed by atoms with Crippen molar-refractivity contribution >= 4 is 16.8 Å². The molecule has 0 saturated carbocycles. The van der Waals surface area contributed by atoms with Crippen LogP contribution >= 0.6 is 0 Å². The number of hydrogen-bond donors (Lipinski definition) is 0. The monoisotopic (exact) mass is 430 g/mol. The molecule has 4 rings (SSSR count). The number of ketones is 1. The lowest BCUT2D eigenvalue weighted by atomic mass is 10.0. The summed E-state index contributed by atoms with van der Waals surface area (Å²) in [6, 6.07) is 19.1. The summed E-state index contributed by atoms with van der Waals surface area (Å²) in [6.45, 7) is 1.60. The van der Waals surface area contributed by atoms with E-state index in [0.717, 1.165) is 0 Å². The molecule has 4 aromatic rings. The van der Waals surface area contributed by atoms with Crippen LogP contribution in [0.3, 0.4) is 0 Å². The van der Waals surface area contributed by atoms with Crippen molar-refractivity contribution in [2.24, 2.45) is 0 Å². The highest BCUT2D eigenvalue weighted by Crippen LogP contribution is 2.32. The highest BCUT2D eigenvalue weighted by atomic mass is 16.5. The molecule has 0 spiro atoms. The maximum absolute atomic E-state index is 13.2. The summed E-state index contributed by atoms with van der Waals surface area (Å²) in [5.41, 5.74) is 1.89. The van der Waals surface area contributed by atoms with Gasteiger partial charge in [0.15, 0.2) is 12.4 Å². The summed E-state index contributed by atoms with van der Waals surface area (Å²) in [6.07, 6.45) is 0. The van der Waals surface area contributed by atoms with E-state index in [0.29, 0.717) is 50.7 Å². The fourth-order valence-electron chi connectivity index (χ4n) is 3.55. The van der Waals surface area contributed by atoms with E-state index in [1.807, 2.05) is 18.2 Å². The summed E-state index contributed by atoms with van der Waals surface area (Å²) in [5, 5.41) is 0.422. The number of benzene rings is 3. The Balaban J connectivity index is 1.61. The van der Waals surface area contributed by atoms with Crippen molar-refractivity contribution in [3.8, 4) is 28.4 Å². The average Bonchev–Trinajstić information content (AvgIpc) is 2.82. The van der Waals surface area contributed by atoms with Crippen LogP contribution in [0, 0.1) is 6.92 Å².